The Hall–Kier alpha value is -0.220. The minimum atomic E-state index is -0.191. The monoisotopic (exact) mass is 262 g/mol. The molecule has 0 aliphatic heterocycles. The van der Waals surface area contributed by atoms with Crippen LogP contribution in [0, 0.1) is 10.8 Å². The zero-order valence-corrected chi connectivity index (χ0v) is 12.6. The van der Waals surface area contributed by atoms with Crippen molar-refractivity contribution in [2.24, 2.45) is 10.8 Å². The third kappa shape index (κ3) is 10.6. The molecule has 0 heterocycles. The molecular weight excluding hydrogens is 236 g/mol. The third-order valence-corrected chi connectivity index (χ3v) is 2.19. The van der Waals surface area contributed by atoms with Gasteiger partial charge >= 0.3 is 5.97 Å². The molecule has 0 unspecified atom stereocenters. The Morgan fingerprint density at radius 3 is 2.12 bits per heavy atom. The molecule has 0 saturated heterocycles. The molecule has 0 aromatic heterocycles. The smallest absolute Gasteiger partial charge is 0.306 e. The number of ether oxygens (including phenoxy) is 2. The minimum Gasteiger partial charge on any atom is -0.465 e. The summed E-state index contributed by atoms with van der Waals surface area (Å²) < 4.78 is 10.8. The van der Waals surface area contributed by atoms with Crippen LogP contribution in [-0.2, 0) is 14.3 Å². The van der Waals surface area contributed by atoms with E-state index in [0.717, 1.165) is 0 Å². The van der Waals surface area contributed by atoms with Crippen molar-refractivity contribution in [2.75, 3.05) is 25.6 Å². The van der Waals surface area contributed by atoms with Gasteiger partial charge in [-0.2, -0.15) is 12.6 Å². The van der Waals surface area contributed by atoms with Crippen molar-refractivity contribution in [3.8, 4) is 0 Å². The van der Waals surface area contributed by atoms with Crippen molar-refractivity contribution in [3.63, 3.8) is 0 Å². The molecule has 0 radical (unpaired) electrons. The average Bonchev–Trinajstić information content (AvgIpc) is 2.13. The van der Waals surface area contributed by atoms with Crippen molar-refractivity contribution in [1.29, 1.82) is 0 Å². The highest BCUT2D eigenvalue weighted by Crippen LogP contribution is 2.19. The van der Waals surface area contributed by atoms with Gasteiger partial charge in [0.05, 0.1) is 26.2 Å². The Bertz CT molecular complexity index is 231. The van der Waals surface area contributed by atoms with Gasteiger partial charge in [-0.1, -0.05) is 34.6 Å². The van der Waals surface area contributed by atoms with Gasteiger partial charge in [-0.3, -0.25) is 4.79 Å². The predicted octanol–water partition coefficient (Wildman–Crippen LogP) is 2.94. The zero-order valence-electron chi connectivity index (χ0n) is 11.7. The SMILES string of the molecule is CC(C)(C)COCC(C)(C)COC(=O)CCS. The van der Waals surface area contributed by atoms with Crippen molar-refractivity contribution in [1.82, 2.24) is 0 Å². The number of esters is 1. The molecule has 0 atom stereocenters. The Labute approximate surface area is 111 Å². The van der Waals surface area contributed by atoms with E-state index in [9.17, 15) is 4.79 Å². The molecule has 102 valence electrons. The van der Waals surface area contributed by atoms with Crippen molar-refractivity contribution in [2.45, 2.75) is 41.0 Å². The fourth-order valence-corrected chi connectivity index (χ4v) is 1.30. The highest BCUT2D eigenvalue weighted by molar-refractivity contribution is 7.80. The van der Waals surface area contributed by atoms with Gasteiger partial charge in [-0.05, 0) is 5.41 Å². The maximum atomic E-state index is 11.2. The number of carbonyl (C=O) groups is 1. The number of hydrogen-bond donors (Lipinski definition) is 1. The topological polar surface area (TPSA) is 35.5 Å². The van der Waals surface area contributed by atoms with E-state index in [1.807, 2.05) is 13.8 Å². The molecule has 0 N–H and O–H groups in total. The average molecular weight is 262 g/mol. The molecule has 0 amide bonds. The third-order valence-electron chi connectivity index (χ3n) is 1.97. The first-order valence-corrected chi connectivity index (χ1v) is 6.64. The van der Waals surface area contributed by atoms with E-state index < -0.39 is 0 Å². The van der Waals surface area contributed by atoms with Crippen LogP contribution in [0.15, 0.2) is 0 Å². The van der Waals surface area contributed by atoms with E-state index in [4.69, 9.17) is 9.47 Å². The Kier molecular flexibility index (Phi) is 7.17. The summed E-state index contributed by atoms with van der Waals surface area (Å²) in [4.78, 5) is 11.2. The van der Waals surface area contributed by atoms with Crippen LogP contribution in [0.25, 0.3) is 0 Å². The van der Waals surface area contributed by atoms with Gasteiger partial charge in [-0.25, -0.2) is 0 Å². The van der Waals surface area contributed by atoms with Crippen molar-refractivity contribution in [3.05, 3.63) is 0 Å². The lowest BCUT2D eigenvalue weighted by atomic mass is 9.95. The summed E-state index contributed by atoms with van der Waals surface area (Å²) in [5, 5.41) is 0. The molecule has 0 spiro atoms. The highest BCUT2D eigenvalue weighted by Gasteiger charge is 2.22. The second-order valence-electron chi connectivity index (χ2n) is 6.35. The molecule has 4 heteroatoms. The number of hydrogen-bond acceptors (Lipinski definition) is 4. The summed E-state index contributed by atoms with van der Waals surface area (Å²) in [5.74, 6) is 0.337. The van der Waals surface area contributed by atoms with Crippen LogP contribution in [-0.4, -0.2) is 31.5 Å². The van der Waals surface area contributed by atoms with E-state index >= 15 is 0 Å². The fraction of sp³-hybridized carbons (Fsp3) is 0.923. The Balaban J connectivity index is 3.83. The number of thiol groups is 1. The van der Waals surface area contributed by atoms with Gasteiger partial charge in [0, 0.05) is 11.2 Å². The molecule has 0 aromatic carbocycles. The lowest BCUT2D eigenvalue weighted by Gasteiger charge is -2.26. The highest BCUT2D eigenvalue weighted by atomic mass is 32.1. The fourth-order valence-electron chi connectivity index (χ4n) is 1.11. The molecule has 0 aromatic rings. The summed E-state index contributed by atoms with van der Waals surface area (Å²) in [6, 6.07) is 0. The molecule has 0 aliphatic rings. The molecule has 0 bridgehead atoms. The summed E-state index contributed by atoms with van der Waals surface area (Å²) in [7, 11) is 0. The lowest BCUT2D eigenvalue weighted by Crippen LogP contribution is -2.29. The quantitative estimate of drug-likeness (QED) is 0.566. The summed E-state index contributed by atoms with van der Waals surface area (Å²) in [5.41, 5.74) is 0.0241. The van der Waals surface area contributed by atoms with Gasteiger partial charge in [0.15, 0.2) is 0 Å². The largest absolute Gasteiger partial charge is 0.465 e. The van der Waals surface area contributed by atoms with Crippen LogP contribution < -0.4 is 0 Å². The van der Waals surface area contributed by atoms with E-state index in [1.54, 1.807) is 0 Å². The molecular formula is C13H26O3S. The van der Waals surface area contributed by atoms with Crippen LogP contribution in [0.3, 0.4) is 0 Å². The minimum absolute atomic E-state index is 0.141. The second kappa shape index (κ2) is 7.27. The standard InChI is InChI=1S/C13H26O3S/c1-12(2,3)8-15-9-13(4,5)10-16-11(14)6-7-17/h17H,6-10H2,1-5H3. The van der Waals surface area contributed by atoms with E-state index in [-0.39, 0.29) is 16.8 Å². The van der Waals surface area contributed by atoms with Crippen LogP contribution >= 0.6 is 12.6 Å². The lowest BCUT2D eigenvalue weighted by molar-refractivity contribution is -0.147. The molecule has 17 heavy (non-hydrogen) atoms. The van der Waals surface area contributed by atoms with Gasteiger partial charge in [-0.15, -0.1) is 0 Å². The first-order valence-electron chi connectivity index (χ1n) is 6.00. The van der Waals surface area contributed by atoms with Crippen molar-refractivity contribution < 1.29 is 14.3 Å². The van der Waals surface area contributed by atoms with Gasteiger partial charge in [0.1, 0.15) is 0 Å². The first kappa shape index (κ1) is 16.8. The molecule has 0 rings (SSSR count). The van der Waals surface area contributed by atoms with Crippen LogP contribution in [0.1, 0.15) is 41.0 Å². The number of carbonyl (C=O) groups excluding carboxylic acids is 1. The second-order valence-corrected chi connectivity index (χ2v) is 6.80. The van der Waals surface area contributed by atoms with Crippen molar-refractivity contribution >= 4 is 18.6 Å². The van der Waals surface area contributed by atoms with E-state index in [2.05, 4.69) is 33.4 Å². The molecule has 3 nitrogen and oxygen atoms in total. The van der Waals surface area contributed by atoms with Crippen LogP contribution in [0.4, 0.5) is 0 Å². The zero-order chi connectivity index (χ0) is 13.5. The van der Waals surface area contributed by atoms with E-state index in [1.165, 1.54) is 0 Å². The van der Waals surface area contributed by atoms with E-state index in [0.29, 0.717) is 32.0 Å². The van der Waals surface area contributed by atoms with Crippen LogP contribution in [0.2, 0.25) is 0 Å². The van der Waals surface area contributed by atoms with Gasteiger partial charge in [0.25, 0.3) is 0 Å². The maximum absolute atomic E-state index is 11.2. The Morgan fingerprint density at radius 2 is 1.65 bits per heavy atom. The summed E-state index contributed by atoms with van der Waals surface area (Å²) in [6.45, 7) is 12.2. The predicted molar refractivity (Wildman–Crippen MR) is 73.5 cm³/mol. The number of rotatable bonds is 7. The normalized spacial score (nSPS) is 12.6. The molecule has 0 aliphatic carbocycles. The molecule has 0 saturated carbocycles. The van der Waals surface area contributed by atoms with Crippen LogP contribution in [0.5, 0.6) is 0 Å². The van der Waals surface area contributed by atoms with Gasteiger partial charge < -0.3 is 9.47 Å². The first-order chi connectivity index (χ1) is 7.66. The Morgan fingerprint density at radius 1 is 1.06 bits per heavy atom. The maximum Gasteiger partial charge on any atom is 0.306 e. The summed E-state index contributed by atoms with van der Waals surface area (Å²) >= 11 is 3.99. The van der Waals surface area contributed by atoms with Gasteiger partial charge in [0.2, 0.25) is 0 Å². The summed E-state index contributed by atoms with van der Waals surface area (Å²) in [6.07, 6.45) is 0.363. The molecule has 0 fully saturated rings.